The predicted octanol–water partition coefficient (Wildman–Crippen LogP) is 1.20. The average Bonchev–Trinajstić information content (AvgIpc) is 2.68. The van der Waals surface area contributed by atoms with Crippen molar-refractivity contribution in [2.75, 3.05) is 6.61 Å². The van der Waals surface area contributed by atoms with Gasteiger partial charge in [0.1, 0.15) is 5.60 Å². The van der Waals surface area contributed by atoms with Crippen LogP contribution in [0.15, 0.2) is 0 Å². The Balaban J connectivity index is 2.05. The summed E-state index contributed by atoms with van der Waals surface area (Å²) in [5, 5.41) is 21.4. The zero-order valence-electron chi connectivity index (χ0n) is 11.1. The van der Waals surface area contributed by atoms with E-state index in [1.165, 1.54) is 0 Å². The zero-order valence-corrected chi connectivity index (χ0v) is 11.1. The molecule has 0 aromatic rings. The quantitative estimate of drug-likeness (QED) is 0.723. The Hall–Kier alpha value is -0.750. The Bertz CT molecular complexity index is 371. The summed E-state index contributed by atoms with van der Waals surface area (Å²) in [7, 11) is 0. The molecule has 0 aromatic carbocycles. The van der Waals surface area contributed by atoms with E-state index in [2.05, 4.69) is 5.32 Å². The molecule has 0 aromatic heterocycles. The molecule has 2 aliphatic rings. The SMILES string of the molecule is C[C@@]1(CO)CCC[C@H]1NC(=O)C(F)(F)C1(O)CCC1. The number of nitrogens with one attached hydrogen (secondary N) is 1. The number of alkyl halides is 2. The van der Waals surface area contributed by atoms with Crippen LogP contribution in [0.1, 0.15) is 45.4 Å². The molecule has 0 radical (unpaired) electrons. The second kappa shape index (κ2) is 4.66. The van der Waals surface area contributed by atoms with E-state index in [9.17, 15) is 23.8 Å². The summed E-state index contributed by atoms with van der Waals surface area (Å²) in [4.78, 5) is 11.8. The third kappa shape index (κ3) is 2.25. The Kier molecular flexibility index (Phi) is 3.60. The molecule has 1 amide bonds. The zero-order chi connectivity index (χ0) is 14.3. The summed E-state index contributed by atoms with van der Waals surface area (Å²) >= 11 is 0. The van der Waals surface area contributed by atoms with Crippen molar-refractivity contribution in [1.29, 1.82) is 0 Å². The molecule has 4 nitrogen and oxygen atoms in total. The smallest absolute Gasteiger partial charge is 0.352 e. The maximum absolute atomic E-state index is 13.9. The van der Waals surface area contributed by atoms with Gasteiger partial charge in [-0.3, -0.25) is 4.79 Å². The van der Waals surface area contributed by atoms with Gasteiger partial charge >= 0.3 is 5.92 Å². The van der Waals surface area contributed by atoms with Crippen LogP contribution < -0.4 is 5.32 Å². The standard InChI is InChI=1S/C13H21F2NO3/c1-11(8-17)5-2-4-9(11)16-10(18)13(14,15)12(19)6-3-7-12/h9,17,19H,2-8H2,1H3,(H,16,18)/t9-,11+/m1/s1. The van der Waals surface area contributed by atoms with Crippen molar-refractivity contribution in [3.05, 3.63) is 0 Å². The van der Waals surface area contributed by atoms with Crippen LogP contribution in [0.3, 0.4) is 0 Å². The molecule has 2 atom stereocenters. The molecular formula is C13H21F2NO3. The van der Waals surface area contributed by atoms with Crippen molar-refractivity contribution in [3.8, 4) is 0 Å². The molecule has 6 heteroatoms. The van der Waals surface area contributed by atoms with Crippen molar-refractivity contribution in [2.24, 2.45) is 5.41 Å². The van der Waals surface area contributed by atoms with Crippen molar-refractivity contribution in [3.63, 3.8) is 0 Å². The van der Waals surface area contributed by atoms with Crippen LogP contribution in [0.25, 0.3) is 0 Å². The summed E-state index contributed by atoms with van der Waals surface area (Å²) in [6.07, 6.45) is 2.49. The van der Waals surface area contributed by atoms with Crippen molar-refractivity contribution in [2.45, 2.75) is 63.0 Å². The van der Waals surface area contributed by atoms with Crippen LogP contribution in [0.5, 0.6) is 0 Å². The minimum Gasteiger partial charge on any atom is -0.396 e. The Morgan fingerprint density at radius 1 is 1.37 bits per heavy atom. The predicted molar refractivity (Wildman–Crippen MR) is 64.7 cm³/mol. The van der Waals surface area contributed by atoms with Gasteiger partial charge in [0.05, 0.1) is 6.61 Å². The first-order valence-corrected chi connectivity index (χ1v) is 6.77. The number of carbonyl (C=O) groups excluding carboxylic acids is 1. The summed E-state index contributed by atoms with van der Waals surface area (Å²) in [6, 6.07) is -0.459. The van der Waals surface area contributed by atoms with E-state index in [1.807, 2.05) is 0 Å². The first-order chi connectivity index (χ1) is 8.75. The number of rotatable bonds is 4. The van der Waals surface area contributed by atoms with Crippen molar-refractivity contribution in [1.82, 2.24) is 5.32 Å². The summed E-state index contributed by atoms with van der Waals surface area (Å²) < 4.78 is 27.9. The van der Waals surface area contributed by atoms with Gasteiger partial charge < -0.3 is 15.5 Å². The molecular weight excluding hydrogens is 256 g/mol. The minimum absolute atomic E-state index is 0.0463. The van der Waals surface area contributed by atoms with E-state index in [0.717, 1.165) is 6.42 Å². The van der Waals surface area contributed by atoms with Gasteiger partial charge in [0.15, 0.2) is 0 Å². The second-order valence-corrected chi connectivity index (χ2v) is 6.19. The highest BCUT2D eigenvalue weighted by atomic mass is 19.3. The van der Waals surface area contributed by atoms with Crippen LogP contribution in [0.4, 0.5) is 8.78 Å². The van der Waals surface area contributed by atoms with Crippen LogP contribution >= 0.6 is 0 Å². The highest BCUT2D eigenvalue weighted by molar-refractivity contribution is 5.85. The third-order valence-corrected chi connectivity index (χ3v) is 4.80. The molecule has 0 spiro atoms. The molecule has 0 unspecified atom stereocenters. The summed E-state index contributed by atoms with van der Waals surface area (Å²) in [6.45, 7) is 1.63. The lowest BCUT2D eigenvalue weighted by molar-refractivity contribution is -0.216. The average molecular weight is 277 g/mol. The highest BCUT2D eigenvalue weighted by Crippen LogP contribution is 2.45. The van der Waals surface area contributed by atoms with Gasteiger partial charge in [-0.1, -0.05) is 13.3 Å². The van der Waals surface area contributed by atoms with E-state index in [-0.39, 0.29) is 19.4 Å². The maximum Gasteiger partial charge on any atom is 0.352 e. The van der Waals surface area contributed by atoms with E-state index in [0.29, 0.717) is 19.3 Å². The lowest BCUT2D eigenvalue weighted by Crippen LogP contribution is -2.62. The molecule has 2 fully saturated rings. The van der Waals surface area contributed by atoms with Crippen molar-refractivity contribution < 1.29 is 23.8 Å². The first-order valence-electron chi connectivity index (χ1n) is 6.77. The van der Waals surface area contributed by atoms with Gasteiger partial charge in [0.25, 0.3) is 5.91 Å². The number of halogens is 2. The van der Waals surface area contributed by atoms with E-state index < -0.39 is 28.9 Å². The summed E-state index contributed by atoms with van der Waals surface area (Å²) in [5.74, 6) is -5.18. The van der Waals surface area contributed by atoms with Gasteiger partial charge in [0.2, 0.25) is 0 Å². The molecule has 2 rings (SSSR count). The van der Waals surface area contributed by atoms with Crippen LogP contribution in [0, 0.1) is 5.41 Å². The van der Waals surface area contributed by atoms with Gasteiger partial charge in [-0.2, -0.15) is 8.78 Å². The van der Waals surface area contributed by atoms with Gasteiger partial charge in [-0.25, -0.2) is 0 Å². The van der Waals surface area contributed by atoms with Crippen molar-refractivity contribution >= 4 is 5.91 Å². The van der Waals surface area contributed by atoms with Gasteiger partial charge in [-0.05, 0) is 32.1 Å². The van der Waals surface area contributed by atoms with E-state index in [4.69, 9.17) is 0 Å². The Morgan fingerprint density at radius 3 is 2.47 bits per heavy atom. The normalized spacial score (nSPS) is 33.8. The fourth-order valence-electron chi connectivity index (χ4n) is 2.95. The first kappa shape index (κ1) is 14.7. The number of aliphatic hydroxyl groups is 2. The van der Waals surface area contributed by atoms with Crippen LogP contribution in [-0.2, 0) is 4.79 Å². The fraction of sp³-hybridized carbons (Fsp3) is 0.923. The molecule has 0 saturated heterocycles. The monoisotopic (exact) mass is 277 g/mol. The molecule has 110 valence electrons. The van der Waals surface area contributed by atoms with Crippen LogP contribution in [0.2, 0.25) is 0 Å². The molecule has 2 aliphatic carbocycles. The second-order valence-electron chi connectivity index (χ2n) is 6.19. The molecule has 19 heavy (non-hydrogen) atoms. The topological polar surface area (TPSA) is 69.6 Å². The van der Waals surface area contributed by atoms with Gasteiger partial charge in [0, 0.05) is 11.5 Å². The maximum atomic E-state index is 13.9. The molecule has 0 aliphatic heterocycles. The molecule has 2 saturated carbocycles. The minimum atomic E-state index is -3.76. The number of carbonyl (C=O) groups is 1. The lowest BCUT2D eigenvalue weighted by atomic mass is 9.75. The van der Waals surface area contributed by atoms with Gasteiger partial charge in [-0.15, -0.1) is 0 Å². The highest BCUT2D eigenvalue weighted by Gasteiger charge is 2.61. The Morgan fingerprint density at radius 2 is 2.00 bits per heavy atom. The fourth-order valence-corrected chi connectivity index (χ4v) is 2.95. The largest absolute Gasteiger partial charge is 0.396 e. The number of hydrogen-bond acceptors (Lipinski definition) is 3. The lowest BCUT2D eigenvalue weighted by Gasteiger charge is -2.42. The number of hydrogen-bond donors (Lipinski definition) is 3. The molecule has 3 N–H and O–H groups in total. The number of amides is 1. The van der Waals surface area contributed by atoms with Crippen LogP contribution in [-0.4, -0.2) is 40.3 Å². The molecule has 0 bridgehead atoms. The third-order valence-electron chi connectivity index (χ3n) is 4.80. The van der Waals surface area contributed by atoms with E-state index >= 15 is 0 Å². The summed E-state index contributed by atoms with van der Waals surface area (Å²) in [5.41, 5.74) is -2.74. The molecule has 0 heterocycles. The Labute approximate surface area is 111 Å². The number of aliphatic hydroxyl groups excluding tert-OH is 1. The van der Waals surface area contributed by atoms with E-state index in [1.54, 1.807) is 6.92 Å².